The number of halogens is 1. The minimum Gasteiger partial charge on any atom is -0.327 e. The monoisotopic (exact) mass is 411 g/mol. The second-order valence-corrected chi connectivity index (χ2v) is 7.95. The standard InChI is InChI=1S/C22H26ClN5O/c1-3-28-20-9-8-18(24-22(29)16-4-6-17(23)7-5-16)14-19(20)25-21(28)15-27-12-10-26(2)11-13-27/h4-9,14H,3,10-13,15H2,1-2H3,(H,24,29). The van der Waals surface area contributed by atoms with Crippen LogP contribution in [0.15, 0.2) is 42.5 Å². The van der Waals surface area contributed by atoms with Gasteiger partial charge in [-0.05, 0) is 56.4 Å². The van der Waals surface area contributed by atoms with E-state index in [4.69, 9.17) is 16.6 Å². The Balaban J connectivity index is 1.54. The Bertz CT molecular complexity index is 1010. The number of piperazine rings is 1. The lowest BCUT2D eigenvalue weighted by molar-refractivity contribution is 0.102. The van der Waals surface area contributed by atoms with E-state index in [9.17, 15) is 4.79 Å². The highest BCUT2D eigenvalue weighted by atomic mass is 35.5. The number of likely N-dealkylation sites (N-methyl/N-ethyl adjacent to an activating group) is 1. The second-order valence-electron chi connectivity index (χ2n) is 7.52. The van der Waals surface area contributed by atoms with Crippen molar-refractivity contribution in [3.8, 4) is 0 Å². The summed E-state index contributed by atoms with van der Waals surface area (Å²) in [6.45, 7) is 8.17. The van der Waals surface area contributed by atoms with Crippen molar-refractivity contribution in [2.24, 2.45) is 0 Å². The van der Waals surface area contributed by atoms with Crippen LogP contribution in [0.3, 0.4) is 0 Å². The smallest absolute Gasteiger partial charge is 0.255 e. The van der Waals surface area contributed by atoms with E-state index in [1.54, 1.807) is 24.3 Å². The number of aromatic nitrogens is 2. The number of carbonyl (C=O) groups is 1. The number of anilines is 1. The zero-order valence-electron chi connectivity index (χ0n) is 16.9. The first-order chi connectivity index (χ1) is 14.0. The molecule has 0 atom stereocenters. The molecule has 7 heteroatoms. The maximum atomic E-state index is 12.5. The second kappa shape index (κ2) is 8.53. The fraction of sp³-hybridized carbons (Fsp3) is 0.364. The van der Waals surface area contributed by atoms with E-state index in [1.165, 1.54) is 0 Å². The van der Waals surface area contributed by atoms with Gasteiger partial charge >= 0.3 is 0 Å². The molecule has 1 aliphatic rings. The van der Waals surface area contributed by atoms with E-state index in [1.807, 2.05) is 18.2 Å². The molecule has 2 aromatic carbocycles. The number of benzene rings is 2. The first kappa shape index (κ1) is 19.9. The van der Waals surface area contributed by atoms with Gasteiger partial charge in [-0.25, -0.2) is 4.98 Å². The van der Waals surface area contributed by atoms with E-state index < -0.39 is 0 Å². The van der Waals surface area contributed by atoms with Gasteiger partial charge in [-0.15, -0.1) is 0 Å². The molecule has 1 amide bonds. The normalized spacial score (nSPS) is 15.7. The van der Waals surface area contributed by atoms with Gasteiger partial charge in [0.2, 0.25) is 0 Å². The molecule has 0 spiro atoms. The number of nitrogens with zero attached hydrogens (tertiary/aromatic N) is 4. The van der Waals surface area contributed by atoms with Crippen molar-refractivity contribution in [1.82, 2.24) is 19.4 Å². The van der Waals surface area contributed by atoms with Gasteiger partial charge in [-0.1, -0.05) is 11.6 Å². The maximum Gasteiger partial charge on any atom is 0.255 e. The molecule has 1 fully saturated rings. The summed E-state index contributed by atoms with van der Waals surface area (Å²) in [4.78, 5) is 22.2. The molecule has 1 aliphatic heterocycles. The molecule has 0 saturated carbocycles. The number of amides is 1. The van der Waals surface area contributed by atoms with Crippen LogP contribution in [0, 0.1) is 0 Å². The summed E-state index contributed by atoms with van der Waals surface area (Å²) in [5.41, 5.74) is 3.32. The van der Waals surface area contributed by atoms with Gasteiger partial charge in [-0.3, -0.25) is 9.69 Å². The molecule has 0 bridgehead atoms. The Labute approximate surface area is 176 Å². The van der Waals surface area contributed by atoms with E-state index >= 15 is 0 Å². The van der Waals surface area contributed by atoms with Crippen LogP contribution >= 0.6 is 11.6 Å². The Morgan fingerprint density at radius 1 is 1.10 bits per heavy atom. The predicted octanol–water partition coefficient (Wildman–Crippen LogP) is 3.71. The van der Waals surface area contributed by atoms with Gasteiger partial charge in [0.1, 0.15) is 5.82 Å². The predicted molar refractivity (Wildman–Crippen MR) is 118 cm³/mol. The van der Waals surface area contributed by atoms with Crippen LogP contribution in [0.4, 0.5) is 5.69 Å². The van der Waals surface area contributed by atoms with Crippen molar-refractivity contribution < 1.29 is 4.79 Å². The third-order valence-electron chi connectivity index (χ3n) is 5.47. The van der Waals surface area contributed by atoms with Crippen LogP contribution in [-0.4, -0.2) is 58.5 Å². The molecule has 4 rings (SSSR count). The van der Waals surface area contributed by atoms with Crippen molar-refractivity contribution in [1.29, 1.82) is 0 Å². The molecule has 2 heterocycles. The fourth-order valence-corrected chi connectivity index (χ4v) is 3.87. The number of imidazole rings is 1. The van der Waals surface area contributed by atoms with Gasteiger partial charge in [0.05, 0.1) is 17.6 Å². The van der Waals surface area contributed by atoms with Gasteiger partial charge in [0.25, 0.3) is 5.91 Å². The molecule has 1 aromatic heterocycles. The zero-order chi connectivity index (χ0) is 20.4. The number of fused-ring (bicyclic) bond motifs is 1. The summed E-state index contributed by atoms with van der Waals surface area (Å²) < 4.78 is 2.26. The molecular formula is C22H26ClN5O. The molecule has 3 aromatic rings. The summed E-state index contributed by atoms with van der Waals surface area (Å²) in [6.07, 6.45) is 0. The van der Waals surface area contributed by atoms with Crippen molar-refractivity contribution in [3.63, 3.8) is 0 Å². The first-order valence-corrected chi connectivity index (χ1v) is 10.4. The minimum absolute atomic E-state index is 0.159. The molecule has 6 nitrogen and oxygen atoms in total. The van der Waals surface area contributed by atoms with Gasteiger partial charge in [0.15, 0.2) is 0 Å². The highest BCUT2D eigenvalue weighted by Crippen LogP contribution is 2.22. The SMILES string of the molecule is CCn1c(CN2CCN(C)CC2)nc2cc(NC(=O)c3ccc(Cl)cc3)ccc21. The summed E-state index contributed by atoms with van der Waals surface area (Å²) in [5, 5.41) is 3.57. The molecule has 152 valence electrons. The van der Waals surface area contributed by atoms with E-state index in [0.29, 0.717) is 10.6 Å². The van der Waals surface area contributed by atoms with Gasteiger partial charge < -0.3 is 14.8 Å². The van der Waals surface area contributed by atoms with Gasteiger partial charge in [0, 0.05) is 49.0 Å². The molecular weight excluding hydrogens is 386 g/mol. The molecule has 1 N–H and O–H groups in total. The van der Waals surface area contributed by atoms with Crippen molar-refractivity contribution in [3.05, 3.63) is 58.9 Å². The third-order valence-corrected chi connectivity index (χ3v) is 5.72. The average Bonchev–Trinajstić information content (AvgIpc) is 3.06. The Kier molecular flexibility index (Phi) is 5.85. The largest absolute Gasteiger partial charge is 0.327 e. The maximum absolute atomic E-state index is 12.5. The Hall–Kier alpha value is -2.41. The van der Waals surface area contributed by atoms with Crippen LogP contribution in [-0.2, 0) is 13.1 Å². The highest BCUT2D eigenvalue weighted by molar-refractivity contribution is 6.30. The van der Waals surface area contributed by atoms with Crippen LogP contribution in [0.2, 0.25) is 5.02 Å². The van der Waals surface area contributed by atoms with Crippen LogP contribution in [0.25, 0.3) is 11.0 Å². The van der Waals surface area contributed by atoms with Crippen molar-refractivity contribution in [2.45, 2.75) is 20.0 Å². The molecule has 0 aliphatic carbocycles. The molecule has 0 unspecified atom stereocenters. The molecule has 1 saturated heterocycles. The summed E-state index contributed by atoms with van der Waals surface area (Å²) in [6, 6.07) is 12.8. The van der Waals surface area contributed by atoms with Crippen molar-refractivity contribution >= 4 is 34.2 Å². The third kappa shape index (κ3) is 4.45. The van der Waals surface area contributed by atoms with E-state index in [-0.39, 0.29) is 5.91 Å². The fourth-order valence-electron chi connectivity index (χ4n) is 3.74. The number of hydrogen-bond donors (Lipinski definition) is 1. The van der Waals surface area contributed by atoms with Crippen LogP contribution in [0.5, 0.6) is 0 Å². The molecule has 29 heavy (non-hydrogen) atoms. The summed E-state index contributed by atoms with van der Waals surface area (Å²) in [7, 11) is 2.17. The number of rotatable bonds is 5. The average molecular weight is 412 g/mol. The van der Waals surface area contributed by atoms with Crippen LogP contribution in [0.1, 0.15) is 23.1 Å². The van der Waals surface area contributed by atoms with E-state index in [0.717, 1.165) is 61.8 Å². The quantitative estimate of drug-likeness (QED) is 0.695. The summed E-state index contributed by atoms with van der Waals surface area (Å²) >= 11 is 5.90. The minimum atomic E-state index is -0.159. The first-order valence-electron chi connectivity index (χ1n) is 10.0. The number of hydrogen-bond acceptors (Lipinski definition) is 4. The topological polar surface area (TPSA) is 53.4 Å². The molecule has 0 radical (unpaired) electrons. The zero-order valence-corrected chi connectivity index (χ0v) is 17.6. The highest BCUT2D eigenvalue weighted by Gasteiger charge is 2.18. The number of nitrogens with one attached hydrogen (secondary N) is 1. The number of carbonyl (C=O) groups excluding carboxylic acids is 1. The number of aryl methyl sites for hydroxylation is 1. The van der Waals surface area contributed by atoms with Gasteiger partial charge in [-0.2, -0.15) is 0 Å². The van der Waals surface area contributed by atoms with Crippen LogP contribution < -0.4 is 5.32 Å². The summed E-state index contributed by atoms with van der Waals surface area (Å²) in [5.74, 6) is 0.918. The Morgan fingerprint density at radius 2 is 1.83 bits per heavy atom. The lowest BCUT2D eigenvalue weighted by Gasteiger charge is -2.32. The van der Waals surface area contributed by atoms with E-state index in [2.05, 4.69) is 33.7 Å². The van der Waals surface area contributed by atoms with Crippen molar-refractivity contribution in [2.75, 3.05) is 38.5 Å². The lowest BCUT2D eigenvalue weighted by Crippen LogP contribution is -2.44. The lowest BCUT2D eigenvalue weighted by atomic mass is 10.2. The Morgan fingerprint density at radius 3 is 2.52 bits per heavy atom.